The van der Waals surface area contributed by atoms with Crippen LogP contribution in [0.4, 0.5) is 0 Å². The maximum Gasteiger partial charge on any atom is 0.252 e. The SMILES string of the molecule is Cc1ccc(CNC(=O)CN(C)S(=O)(=O)c2cccs2)n1C. The number of carbonyl (C=O) groups excluding carboxylic acids is 1. The van der Waals surface area contributed by atoms with Crippen molar-refractivity contribution >= 4 is 27.3 Å². The fraction of sp³-hybridized carbons (Fsp3) is 0.357. The van der Waals surface area contributed by atoms with Crippen LogP contribution in [-0.4, -0.2) is 36.8 Å². The maximum atomic E-state index is 12.2. The summed E-state index contributed by atoms with van der Waals surface area (Å²) in [6.45, 7) is 2.15. The van der Waals surface area contributed by atoms with Crippen molar-refractivity contribution in [1.82, 2.24) is 14.2 Å². The van der Waals surface area contributed by atoms with E-state index in [0.29, 0.717) is 6.54 Å². The minimum Gasteiger partial charge on any atom is -0.350 e. The van der Waals surface area contributed by atoms with E-state index in [1.807, 2.05) is 30.7 Å². The number of nitrogens with one attached hydrogen (secondary N) is 1. The van der Waals surface area contributed by atoms with Gasteiger partial charge in [-0.15, -0.1) is 11.3 Å². The lowest BCUT2D eigenvalue weighted by molar-refractivity contribution is -0.121. The van der Waals surface area contributed by atoms with E-state index in [2.05, 4.69) is 5.32 Å². The second-order valence-electron chi connectivity index (χ2n) is 4.99. The lowest BCUT2D eigenvalue weighted by atomic mass is 10.4. The molecule has 0 aliphatic carbocycles. The molecule has 120 valence electrons. The first kappa shape index (κ1) is 16.7. The van der Waals surface area contributed by atoms with Gasteiger partial charge in [0.25, 0.3) is 10.0 Å². The molecule has 0 saturated heterocycles. The summed E-state index contributed by atoms with van der Waals surface area (Å²) in [6.07, 6.45) is 0. The first-order valence-corrected chi connectivity index (χ1v) is 9.02. The third-order valence-corrected chi connectivity index (χ3v) is 6.65. The average Bonchev–Trinajstić information content (AvgIpc) is 3.09. The van der Waals surface area contributed by atoms with Crippen molar-refractivity contribution in [2.75, 3.05) is 13.6 Å². The summed E-state index contributed by atoms with van der Waals surface area (Å²) in [5, 5.41) is 4.43. The van der Waals surface area contributed by atoms with Gasteiger partial charge in [-0.3, -0.25) is 4.79 Å². The van der Waals surface area contributed by atoms with Crippen LogP contribution in [0.3, 0.4) is 0 Å². The standard InChI is InChI=1S/C14H19N3O3S2/c1-11-6-7-12(17(11)3)9-15-13(18)10-16(2)22(19,20)14-5-4-8-21-14/h4-8H,9-10H2,1-3H3,(H,15,18). The van der Waals surface area contributed by atoms with Crippen LogP contribution in [0.25, 0.3) is 0 Å². The van der Waals surface area contributed by atoms with Gasteiger partial charge < -0.3 is 9.88 Å². The van der Waals surface area contributed by atoms with Crippen LogP contribution < -0.4 is 5.32 Å². The minimum atomic E-state index is -3.59. The zero-order valence-corrected chi connectivity index (χ0v) is 14.4. The number of thiophene rings is 1. The fourth-order valence-electron chi connectivity index (χ4n) is 1.94. The minimum absolute atomic E-state index is 0.205. The number of amides is 1. The lowest BCUT2D eigenvalue weighted by Crippen LogP contribution is -2.38. The molecule has 0 aliphatic rings. The number of nitrogens with zero attached hydrogens (tertiary/aromatic N) is 2. The van der Waals surface area contributed by atoms with Crippen molar-refractivity contribution in [1.29, 1.82) is 0 Å². The van der Waals surface area contributed by atoms with Gasteiger partial charge in [-0.1, -0.05) is 6.07 Å². The maximum absolute atomic E-state index is 12.2. The first-order valence-electron chi connectivity index (χ1n) is 6.70. The highest BCUT2D eigenvalue weighted by Crippen LogP contribution is 2.19. The molecular formula is C14H19N3O3S2. The third-order valence-electron chi connectivity index (χ3n) is 3.47. The highest BCUT2D eigenvalue weighted by Gasteiger charge is 2.23. The second kappa shape index (κ2) is 6.64. The molecule has 2 aromatic heterocycles. The van der Waals surface area contributed by atoms with E-state index in [1.54, 1.807) is 11.4 Å². The molecule has 0 fully saturated rings. The molecular weight excluding hydrogens is 322 g/mol. The fourth-order valence-corrected chi connectivity index (χ4v) is 4.27. The van der Waals surface area contributed by atoms with Crippen molar-refractivity contribution < 1.29 is 13.2 Å². The summed E-state index contributed by atoms with van der Waals surface area (Å²) in [4.78, 5) is 11.9. The number of sulfonamides is 1. The molecule has 0 saturated carbocycles. The van der Waals surface area contributed by atoms with Gasteiger partial charge in [0.15, 0.2) is 0 Å². The summed E-state index contributed by atoms with van der Waals surface area (Å²) in [6, 6.07) is 7.10. The Bertz CT molecular complexity index is 748. The van der Waals surface area contributed by atoms with Crippen molar-refractivity contribution in [2.24, 2.45) is 7.05 Å². The van der Waals surface area contributed by atoms with Crippen LogP contribution in [0.5, 0.6) is 0 Å². The topological polar surface area (TPSA) is 71.4 Å². The normalized spacial score (nSPS) is 11.8. The van der Waals surface area contributed by atoms with Gasteiger partial charge in [0.1, 0.15) is 4.21 Å². The number of hydrogen-bond donors (Lipinski definition) is 1. The van der Waals surface area contributed by atoms with Crippen LogP contribution in [0.15, 0.2) is 33.9 Å². The van der Waals surface area contributed by atoms with Gasteiger partial charge in [-0.2, -0.15) is 4.31 Å². The molecule has 2 aromatic rings. The van der Waals surface area contributed by atoms with Gasteiger partial charge in [0.05, 0.1) is 13.1 Å². The Kier molecular flexibility index (Phi) is 5.05. The van der Waals surface area contributed by atoms with Crippen molar-refractivity contribution in [3.8, 4) is 0 Å². The molecule has 0 spiro atoms. The Morgan fingerprint density at radius 3 is 2.64 bits per heavy atom. The number of aromatic nitrogens is 1. The molecule has 2 rings (SSSR count). The van der Waals surface area contributed by atoms with Crippen molar-refractivity contribution in [2.45, 2.75) is 17.7 Å². The zero-order valence-electron chi connectivity index (χ0n) is 12.7. The quantitative estimate of drug-likeness (QED) is 0.862. The van der Waals surface area contributed by atoms with Gasteiger partial charge in [-0.25, -0.2) is 8.42 Å². The lowest BCUT2D eigenvalue weighted by Gasteiger charge is -2.16. The van der Waals surface area contributed by atoms with E-state index in [0.717, 1.165) is 27.0 Å². The molecule has 0 atom stereocenters. The Morgan fingerprint density at radius 2 is 2.09 bits per heavy atom. The van der Waals surface area contributed by atoms with Gasteiger partial charge in [-0.05, 0) is 30.5 Å². The van der Waals surface area contributed by atoms with E-state index >= 15 is 0 Å². The molecule has 0 radical (unpaired) electrons. The average molecular weight is 341 g/mol. The summed E-state index contributed by atoms with van der Waals surface area (Å²) in [7, 11) is -0.267. The van der Waals surface area contributed by atoms with Crippen LogP contribution in [0.1, 0.15) is 11.4 Å². The van der Waals surface area contributed by atoms with E-state index in [1.165, 1.54) is 13.1 Å². The van der Waals surface area contributed by atoms with Gasteiger partial charge >= 0.3 is 0 Å². The summed E-state index contributed by atoms with van der Waals surface area (Å²) >= 11 is 1.14. The Balaban J connectivity index is 1.93. The van der Waals surface area contributed by atoms with Crippen molar-refractivity contribution in [3.05, 3.63) is 41.0 Å². The molecule has 0 aromatic carbocycles. The zero-order chi connectivity index (χ0) is 16.3. The van der Waals surface area contributed by atoms with Gasteiger partial charge in [0, 0.05) is 25.5 Å². The molecule has 0 unspecified atom stereocenters. The molecule has 2 heterocycles. The smallest absolute Gasteiger partial charge is 0.252 e. The number of likely N-dealkylation sites (N-methyl/N-ethyl adjacent to an activating group) is 1. The molecule has 22 heavy (non-hydrogen) atoms. The monoisotopic (exact) mass is 341 g/mol. The van der Waals surface area contributed by atoms with E-state index < -0.39 is 10.0 Å². The predicted octanol–water partition coefficient (Wildman–Crippen LogP) is 1.33. The summed E-state index contributed by atoms with van der Waals surface area (Å²) in [5.41, 5.74) is 2.07. The van der Waals surface area contributed by atoms with Crippen LogP contribution in [0, 0.1) is 6.92 Å². The van der Waals surface area contributed by atoms with E-state index in [-0.39, 0.29) is 16.7 Å². The Morgan fingerprint density at radius 1 is 1.36 bits per heavy atom. The Hall–Kier alpha value is -1.64. The van der Waals surface area contributed by atoms with E-state index in [9.17, 15) is 13.2 Å². The van der Waals surface area contributed by atoms with Gasteiger partial charge in [0.2, 0.25) is 5.91 Å². The predicted molar refractivity (Wildman–Crippen MR) is 86.1 cm³/mol. The first-order chi connectivity index (χ1) is 10.3. The molecule has 8 heteroatoms. The molecule has 0 bridgehead atoms. The number of rotatable bonds is 6. The number of aryl methyl sites for hydroxylation is 1. The van der Waals surface area contributed by atoms with Crippen molar-refractivity contribution in [3.63, 3.8) is 0 Å². The molecule has 0 aliphatic heterocycles. The largest absolute Gasteiger partial charge is 0.350 e. The Labute approximate surface area is 134 Å². The summed E-state index contributed by atoms with van der Waals surface area (Å²) < 4.78 is 27.7. The third kappa shape index (κ3) is 3.57. The molecule has 6 nitrogen and oxygen atoms in total. The molecule has 1 N–H and O–H groups in total. The second-order valence-corrected chi connectivity index (χ2v) is 8.21. The highest BCUT2D eigenvalue weighted by molar-refractivity contribution is 7.91. The highest BCUT2D eigenvalue weighted by atomic mass is 32.2. The molecule has 1 amide bonds. The summed E-state index contributed by atoms with van der Waals surface area (Å²) in [5.74, 6) is -0.332. The number of hydrogen-bond acceptors (Lipinski definition) is 4. The van der Waals surface area contributed by atoms with E-state index in [4.69, 9.17) is 0 Å². The number of carbonyl (C=O) groups is 1. The van der Waals surface area contributed by atoms with Crippen LogP contribution in [-0.2, 0) is 28.4 Å². The van der Waals surface area contributed by atoms with Crippen LogP contribution >= 0.6 is 11.3 Å². The van der Waals surface area contributed by atoms with Crippen LogP contribution in [0.2, 0.25) is 0 Å².